The van der Waals surface area contributed by atoms with Crippen molar-refractivity contribution >= 4 is 29.1 Å². The minimum absolute atomic E-state index is 0.0736. The van der Waals surface area contributed by atoms with Crippen LogP contribution in [-0.2, 0) is 20.7 Å². The first-order chi connectivity index (χ1) is 12.3. The second-order valence-electron chi connectivity index (χ2n) is 7.38. The summed E-state index contributed by atoms with van der Waals surface area (Å²) in [6.45, 7) is 1.30. The molecule has 5 nitrogen and oxygen atoms in total. The van der Waals surface area contributed by atoms with Gasteiger partial charge in [-0.1, -0.05) is 29.3 Å². The SMILES string of the molecule is CN(C)[C@H]1CC2(CC[C@@H]1N(C)C(=O)Cc1ccc(Cl)c(Cl)c1)OCCO2. The Balaban J connectivity index is 1.69. The third-order valence-electron chi connectivity index (χ3n) is 5.49. The second-order valence-corrected chi connectivity index (χ2v) is 8.19. The molecule has 0 radical (unpaired) electrons. The van der Waals surface area contributed by atoms with E-state index in [1.807, 2.05) is 32.1 Å². The third-order valence-corrected chi connectivity index (χ3v) is 6.23. The summed E-state index contributed by atoms with van der Waals surface area (Å²) in [7, 11) is 5.97. The number of ether oxygens (including phenoxy) is 2. The van der Waals surface area contributed by atoms with E-state index < -0.39 is 5.79 Å². The molecule has 1 aromatic carbocycles. The number of carbonyl (C=O) groups is 1. The third kappa shape index (κ3) is 4.18. The van der Waals surface area contributed by atoms with E-state index in [4.69, 9.17) is 32.7 Å². The van der Waals surface area contributed by atoms with E-state index in [1.165, 1.54) is 0 Å². The van der Waals surface area contributed by atoms with Crippen LogP contribution in [0, 0.1) is 0 Å². The van der Waals surface area contributed by atoms with Gasteiger partial charge in [-0.15, -0.1) is 0 Å². The fourth-order valence-electron chi connectivity index (χ4n) is 3.99. The van der Waals surface area contributed by atoms with Crippen LogP contribution in [0.5, 0.6) is 0 Å². The van der Waals surface area contributed by atoms with Gasteiger partial charge in [0, 0.05) is 32.0 Å². The van der Waals surface area contributed by atoms with Crippen LogP contribution in [0.15, 0.2) is 18.2 Å². The van der Waals surface area contributed by atoms with Crippen LogP contribution in [0.25, 0.3) is 0 Å². The van der Waals surface area contributed by atoms with Gasteiger partial charge in [0.05, 0.1) is 29.7 Å². The first-order valence-corrected chi connectivity index (χ1v) is 9.71. The molecular weight excluding hydrogens is 375 g/mol. The van der Waals surface area contributed by atoms with Gasteiger partial charge >= 0.3 is 0 Å². The van der Waals surface area contributed by atoms with Crippen LogP contribution >= 0.6 is 23.2 Å². The van der Waals surface area contributed by atoms with Gasteiger partial charge in [0.1, 0.15) is 0 Å². The minimum Gasteiger partial charge on any atom is -0.347 e. The highest BCUT2D eigenvalue weighted by atomic mass is 35.5. The van der Waals surface area contributed by atoms with E-state index in [1.54, 1.807) is 12.1 Å². The van der Waals surface area contributed by atoms with Crippen molar-refractivity contribution in [3.8, 4) is 0 Å². The van der Waals surface area contributed by atoms with Gasteiger partial charge in [0.25, 0.3) is 0 Å². The Morgan fingerprint density at radius 1 is 1.15 bits per heavy atom. The second kappa shape index (κ2) is 8.03. The van der Waals surface area contributed by atoms with E-state index in [9.17, 15) is 4.79 Å². The summed E-state index contributed by atoms with van der Waals surface area (Å²) < 4.78 is 11.8. The lowest BCUT2D eigenvalue weighted by atomic mass is 9.84. The average Bonchev–Trinajstić information content (AvgIpc) is 3.05. The predicted molar refractivity (Wildman–Crippen MR) is 103 cm³/mol. The molecule has 2 atom stereocenters. The van der Waals surface area contributed by atoms with Gasteiger partial charge < -0.3 is 19.3 Å². The molecule has 7 heteroatoms. The summed E-state index contributed by atoms with van der Waals surface area (Å²) in [6.07, 6.45) is 2.75. The molecule has 1 aliphatic carbocycles. The average molecular weight is 401 g/mol. The van der Waals surface area contributed by atoms with E-state index in [2.05, 4.69) is 4.90 Å². The molecular formula is C19H26Cl2N2O3. The van der Waals surface area contributed by atoms with Crippen LogP contribution in [0.2, 0.25) is 10.0 Å². The molecule has 144 valence electrons. The molecule has 3 rings (SSSR count). The summed E-state index contributed by atoms with van der Waals surface area (Å²) in [4.78, 5) is 16.9. The normalized spacial score (nSPS) is 25.0. The molecule has 2 aliphatic rings. The maximum Gasteiger partial charge on any atom is 0.227 e. The number of carbonyl (C=O) groups excluding carboxylic acids is 1. The lowest BCUT2D eigenvalue weighted by Gasteiger charge is -2.46. The van der Waals surface area contributed by atoms with Gasteiger partial charge in [0.2, 0.25) is 5.91 Å². The number of nitrogens with zero attached hydrogens (tertiary/aromatic N) is 2. The Kier molecular flexibility index (Phi) is 6.14. The van der Waals surface area contributed by atoms with Crippen LogP contribution in [0.4, 0.5) is 0 Å². The Labute approximate surface area is 165 Å². The fourth-order valence-corrected chi connectivity index (χ4v) is 4.31. The van der Waals surface area contributed by atoms with Crippen molar-refractivity contribution in [2.75, 3.05) is 34.4 Å². The van der Waals surface area contributed by atoms with Crippen LogP contribution in [-0.4, -0.2) is 67.9 Å². The number of amides is 1. The van der Waals surface area contributed by atoms with Crippen molar-refractivity contribution in [2.24, 2.45) is 0 Å². The number of rotatable bonds is 4. The first-order valence-electron chi connectivity index (χ1n) is 8.95. The number of hydrogen-bond acceptors (Lipinski definition) is 4. The van der Waals surface area contributed by atoms with Crippen molar-refractivity contribution in [1.29, 1.82) is 0 Å². The molecule has 1 heterocycles. The monoisotopic (exact) mass is 400 g/mol. The minimum atomic E-state index is -0.473. The molecule has 1 aromatic rings. The van der Waals surface area contributed by atoms with Crippen molar-refractivity contribution < 1.29 is 14.3 Å². The highest BCUT2D eigenvalue weighted by molar-refractivity contribution is 6.42. The molecule has 1 spiro atoms. The zero-order valence-corrected chi connectivity index (χ0v) is 17.0. The molecule has 1 amide bonds. The summed E-state index contributed by atoms with van der Waals surface area (Å²) in [5.74, 6) is -0.400. The molecule has 2 fully saturated rings. The molecule has 1 aliphatic heterocycles. The number of benzene rings is 1. The van der Waals surface area contributed by atoms with Crippen LogP contribution in [0.3, 0.4) is 0 Å². The number of halogens is 2. The van der Waals surface area contributed by atoms with E-state index >= 15 is 0 Å². The van der Waals surface area contributed by atoms with Crippen molar-refractivity contribution in [3.63, 3.8) is 0 Å². The van der Waals surface area contributed by atoms with Crippen molar-refractivity contribution in [3.05, 3.63) is 33.8 Å². The molecule has 1 saturated carbocycles. The summed E-state index contributed by atoms with van der Waals surface area (Å²) in [5.41, 5.74) is 0.868. The topological polar surface area (TPSA) is 42.0 Å². The molecule has 0 unspecified atom stereocenters. The number of hydrogen-bond donors (Lipinski definition) is 0. The molecule has 0 aromatic heterocycles. The quantitative estimate of drug-likeness (QED) is 0.777. The van der Waals surface area contributed by atoms with E-state index in [-0.39, 0.29) is 18.0 Å². The number of likely N-dealkylation sites (N-methyl/N-ethyl adjacent to an activating group) is 2. The Bertz CT molecular complexity index is 662. The molecule has 0 bridgehead atoms. The molecule has 1 saturated heterocycles. The Morgan fingerprint density at radius 3 is 2.46 bits per heavy atom. The van der Waals surface area contributed by atoms with Gasteiger partial charge in [-0.2, -0.15) is 0 Å². The summed E-state index contributed by atoms with van der Waals surface area (Å²) >= 11 is 12.0. The van der Waals surface area contributed by atoms with Crippen molar-refractivity contribution in [1.82, 2.24) is 9.80 Å². The smallest absolute Gasteiger partial charge is 0.227 e. The maximum absolute atomic E-state index is 12.9. The summed E-state index contributed by atoms with van der Waals surface area (Å²) in [5, 5.41) is 0.971. The molecule has 26 heavy (non-hydrogen) atoms. The Morgan fingerprint density at radius 2 is 1.85 bits per heavy atom. The van der Waals surface area contributed by atoms with Gasteiger partial charge in [0.15, 0.2) is 5.79 Å². The zero-order valence-electron chi connectivity index (χ0n) is 15.5. The van der Waals surface area contributed by atoms with Gasteiger partial charge in [-0.3, -0.25) is 4.79 Å². The lowest BCUT2D eigenvalue weighted by molar-refractivity contribution is -0.197. The van der Waals surface area contributed by atoms with Gasteiger partial charge in [-0.25, -0.2) is 0 Å². The Hall–Kier alpha value is -0.850. The van der Waals surface area contributed by atoms with Gasteiger partial charge in [-0.05, 0) is 38.2 Å². The van der Waals surface area contributed by atoms with E-state index in [0.717, 1.165) is 24.8 Å². The lowest BCUT2D eigenvalue weighted by Crippen LogP contribution is -2.57. The van der Waals surface area contributed by atoms with Crippen LogP contribution in [0.1, 0.15) is 24.8 Å². The highest BCUT2D eigenvalue weighted by Crippen LogP contribution is 2.39. The zero-order chi connectivity index (χ0) is 18.9. The fraction of sp³-hybridized carbons (Fsp3) is 0.632. The predicted octanol–water partition coefficient (Wildman–Crippen LogP) is 3.22. The summed E-state index contributed by atoms with van der Waals surface area (Å²) in [6, 6.07) is 5.64. The molecule has 0 N–H and O–H groups in total. The van der Waals surface area contributed by atoms with E-state index in [0.29, 0.717) is 29.7 Å². The highest BCUT2D eigenvalue weighted by Gasteiger charge is 2.47. The first kappa shape index (κ1) is 19.9. The largest absolute Gasteiger partial charge is 0.347 e. The standard InChI is InChI=1S/C19H26Cl2N2O3/c1-22(2)17-12-19(25-8-9-26-19)7-6-16(17)23(3)18(24)11-13-4-5-14(20)15(21)10-13/h4-5,10,16-17H,6-9,11-12H2,1-3H3/t16-,17-/m0/s1. The van der Waals surface area contributed by atoms with Crippen LogP contribution < -0.4 is 0 Å². The maximum atomic E-state index is 12.9. The van der Waals surface area contributed by atoms with Crippen molar-refractivity contribution in [2.45, 2.75) is 43.6 Å².